The maximum absolute atomic E-state index is 9.05. The number of hydrogen-bond acceptors (Lipinski definition) is 4. The molecule has 6 heteroatoms. The zero-order chi connectivity index (χ0) is 13.2. The molecule has 96 valence electrons. The number of rotatable bonds is 3. The van der Waals surface area contributed by atoms with E-state index in [0.717, 1.165) is 25.5 Å². The highest BCUT2D eigenvalue weighted by molar-refractivity contribution is 6.30. The van der Waals surface area contributed by atoms with Gasteiger partial charge in [0.15, 0.2) is 0 Å². The number of anilines is 1. The summed E-state index contributed by atoms with van der Waals surface area (Å²) >= 11 is 5.83. The van der Waals surface area contributed by atoms with E-state index in [4.69, 9.17) is 16.9 Å². The Morgan fingerprint density at radius 3 is 3.00 bits per heavy atom. The molecule has 0 radical (unpaired) electrons. The van der Waals surface area contributed by atoms with Crippen molar-refractivity contribution in [1.82, 2.24) is 14.8 Å². The second kappa shape index (κ2) is 4.90. The van der Waals surface area contributed by atoms with Gasteiger partial charge >= 0.3 is 0 Å². The topological polar surface area (TPSA) is 57.7 Å². The average Bonchev–Trinajstić information content (AvgIpc) is 2.79. The molecule has 1 fully saturated rings. The Morgan fingerprint density at radius 1 is 1.47 bits per heavy atom. The van der Waals surface area contributed by atoms with Crippen LogP contribution in [0.4, 0.5) is 5.82 Å². The normalized spacial score (nSPS) is 15.1. The fraction of sp³-hybridized carbons (Fsp3) is 0.308. The molecule has 0 aliphatic carbocycles. The van der Waals surface area contributed by atoms with Gasteiger partial charge in [0.25, 0.3) is 0 Å². The number of pyridine rings is 1. The average molecular weight is 274 g/mol. The maximum atomic E-state index is 9.05. The van der Waals surface area contributed by atoms with Gasteiger partial charge in [-0.15, -0.1) is 0 Å². The summed E-state index contributed by atoms with van der Waals surface area (Å²) < 4.78 is 1.86. The number of halogens is 1. The van der Waals surface area contributed by atoms with Gasteiger partial charge in [0.1, 0.15) is 11.9 Å². The minimum absolute atomic E-state index is 0.518. The molecule has 2 aromatic heterocycles. The fourth-order valence-electron chi connectivity index (χ4n) is 2.30. The van der Waals surface area contributed by atoms with E-state index < -0.39 is 0 Å². The molecule has 2 aromatic rings. The monoisotopic (exact) mass is 273 g/mol. The van der Waals surface area contributed by atoms with Crippen LogP contribution in [-0.2, 0) is 6.54 Å². The molecule has 1 saturated heterocycles. The molecular weight excluding hydrogens is 262 g/mol. The van der Waals surface area contributed by atoms with E-state index in [1.165, 1.54) is 0 Å². The molecule has 0 saturated carbocycles. The highest BCUT2D eigenvalue weighted by atomic mass is 35.5. The van der Waals surface area contributed by atoms with Gasteiger partial charge < -0.3 is 4.90 Å². The lowest BCUT2D eigenvalue weighted by Crippen LogP contribution is -2.49. The third kappa shape index (κ3) is 2.40. The Kier molecular flexibility index (Phi) is 3.10. The van der Waals surface area contributed by atoms with Crippen LogP contribution in [0.2, 0.25) is 5.02 Å². The smallest absolute Gasteiger partial charge is 0.146 e. The summed E-state index contributed by atoms with van der Waals surface area (Å²) in [5, 5.41) is 13.9. The van der Waals surface area contributed by atoms with Crippen molar-refractivity contribution in [3.05, 3.63) is 41.3 Å². The van der Waals surface area contributed by atoms with Gasteiger partial charge in [-0.2, -0.15) is 10.4 Å². The van der Waals surface area contributed by atoms with Crippen LogP contribution in [0.3, 0.4) is 0 Å². The summed E-state index contributed by atoms with van der Waals surface area (Å²) in [5.74, 6) is 1.30. The Labute approximate surface area is 116 Å². The first-order valence-corrected chi connectivity index (χ1v) is 6.42. The molecule has 3 heterocycles. The van der Waals surface area contributed by atoms with Gasteiger partial charge in [-0.1, -0.05) is 11.6 Å². The molecular formula is C13H12ClN5. The number of nitrogens with zero attached hydrogens (tertiary/aromatic N) is 5. The Morgan fingerprint density at radius 2 is 2.32 bits per heavy atom. The van der Waals surface area contributed by atoms with Gasteiger partial charge in [0, 0.05) is 37.9 Å². The number of hydrogen-bond donors (Lipinski definition) is 0. The first-order valence-electron chi connectivity index (χ1n) is 6.04. The predicted octanol–water partition coefficient (Wildman–Crippen LogP) is 1.94. The third-order valence-corrected chi connectivity index (χ3v) is 3.41. The molecule has 0 atom stereocenters. The molecule has 1 aliphatic heterocycles. The summed E-state index contributed by atoms with van der Waals surface area (Å²) in [7, 11) is 0. The molecule has 0 bridgehead atoms. The lowest BCUT2D eigenvalue weighted by atomic mass is 9.99. The minimum atomic E-state index is 0.518. The van der Waals surface area contributed by atoms with Crippen LogP contribution >= 0.6 is 11.6 Å². The van der Waals surface area contributed by atoms with Crippen molar-refractivity contribution >= 4 is 17.4 Å². The molecule has 0 N–H and O–H groups in total. The van der Waals surface area contributed by atoms with Crippen molar-refractivity contribution in [2.24, 2.45) is 5.92 Å². The van der Waals surface area contributed by atoms with E-state index in [9.17, 15) is 0 Å². The van der Waals surface area contributed by atoms with Gasteiger partial charge in [0.05, 0.1) is 16.8 Å². The van der Waals surface area contributed by atoms with E-state index in [1.54, 1.807) is 24.5 Å². The van der Waals surface area contributed by atoms with Gasteiger partial charge in [-0.25, -0.2) is 4.98 Å². The van der Waals surface area contributed by atoms with Crippen LogP contribution in [0, 0.1) is 17.2 Å². The predicted molar refractivity (Wildman–Crippen MR) is 71.9 cm³/mol. The Bertz CT molecular complexity index is 624. The standard InChI is InChI=1S/C13H12ClN5/c14-12-5-17-19(9-12)8-10-6-18(7-10)13-11(4-15)2-1-3-16-13/h1-3,5,9-10H,6-8H2. The van der Waals surface area contributed by atoms with E-state index in [0.29, 0.717) is 16.5 Å². The highest BCUT2D eigenvalue weighted by Gasteiger charge is 2.29. The van der Waals surface area contributed by atoms with E-state index in [1.807, 2.05) is 10.9 Å². The van der Waals surface area contributed by atoms with E-state index >= 15 is 0 Å². The SMILES string of the molecule is N#Cc1cccnc1N1CC(Cn2cc(Cl)cn2)C1. The Balaban J connectivity index is 1.62. The summed E-state index contributed by atoms with van der Waals surface area (Å²) in [6.45, 7) is 2.63. The second-order valence-electron chi connectivity index (χ2n) is 4.64. The highest BCUT2D eigenvalue weighted by Crippen LogP contribution is 2.26. The minimum Gasteiger partial charge on any atom is -0.355 e. The van der Waals surface area contributed by atoms with Gasteiger partial charge in [-0.3, -0.25) is 4.68 Å². The lowest BCUT2D eigenvalue weighted by Gasteiger charge is -2.40. The van der Waals surface area contributed by atoms with Crippen LogP contribution < -0.4 is 4.90 Å². The zero-order valence-corrected chi connectivity index (χ0v) is 11.0. The summed E-state index contributed by atoms with van der Waals surface area (Å²) in [6, 6.07) is 5.75. The molecule has 5 nitrogen and oxygen atoms in total. The van der Waals surface area contributed by atoms with Crippen molar-refractivity contribution in [2.45, 2.75) is 6.54 Å². The lowest BCUT2D eigenvalue weighted by molar-refractivity contribution is 0.340. The van der Waals surface area contributed by atoms with Crippen LogP contribution in [-0.4, -0.2) is 27.9 Å². The molecule has 1 aliphatic rings. The van der Waals surface area contributed by atoms with E-state index in [2.05, 4.69) is 21.1 Å². The molecule has 19 heavy (non-hydrogen) atoms. The molecule has 0 spiro atoms. The fourth-order valence-corrected chi connectivity index (χ4v) is 2.45. The number of aromatic nitrogens is 3. The van der Waals surface area contributed by atoms with Crippen LogP contribution in [0.1, 0.15) is 5.56 Å². The van der Waals surface area contributed by atoms with Crippen LogP contribution in [0.5, 0.6) is 0 Å². The van der Waals surface area contributed by atoms with Crippen molar-refractivity contribution in [1.29, 1.82) is 5.26 Å². The number of nitriles is 1. The van der Waals surface area contributed by atoms with Gasteiger partial charge in [0.2, 0.25) is 0 Å². The van der Waals surface area contributed by atoms with E-state index in [-0.39, 0.29) is 0 Å². The molecule has 0 unspecified atom stereocenters. The van der Waals surface area contributed by atoms with Crippen molar-refractivity contribution in [2.75, 3.05) is 18.0 Å². The Hall–Kier alpha value is -2.06. The molecule has 0 aromatic carbocycles. The zero-order valence-electron chi connectivity index (χ0n) is 10.2. The van der Waals surface area contributed by atoms with Crippen molar-refractivity contribution in [3.63, 3.8) is 0 Å². The van der Waals surface area contributed by atoms with Crippen LogP contribution in [0.15, 0.2) is 30.7 Å². The largest absolute Gasteiger partial charge is 0.355 e. The maximum Gasteiger partial charge on any atom is 0.146 e. The summed E-state index contributed by atoms with van der Waals surface area (Å²) in [4.78, 5) is 6.40. The second-order valence-corrected chi connectivity index (χ2v) is 5.07. The first kappa shape index (κ1) is 12.0. The molecule has 0 amide bonds. The third-order valence-electron chi connectivity index (χ3n) is 3.21. The van der Waals surface area contributed by atoms with Crippen molar-refractivity contribution in [3.8, 4) is 6.07 Å². The quantitative estimate of drug-likeness (QED) is 0.858. The first-order chi connectivity index (χ1) is 9.26. The van der Waals surface area contributed by atoms with Gasteiger partial charge in [-0.05, 0) is 12.1 Å². The molecule has 3 rings (SSSR count). The van der Waals surface area contributed by atoms with Crippen molar-refractivity contribution < 1.29 is 0 Å². The summed E-state index contributed by atoms with van der Waals surface area (Å²) in [5.41, 5.74) is 0.628. The van der Waals surface area contributed by atoms with Crippen LogP contribution in [0.25, 0.3) is 0 Å². The summed E-state index contributed by atoms with van der Waals surface area (Å²) in [6.07, 6.45) is 5.19.